The summed E-state index contributed by atoms with van der Waals surface area (Å²) in [6, 6.07) is 9.84. The van der Waals surface area contributed by atoms with Crippen LogP contribution in [-0.2, 0) is 0 Å². The average molecular weight is 255 g/mol. The van der Waals surface area contributed by atoms with Gasteiger partial charge in [-0.2, -0.15) is 0 Å². The second-order valence-electron chi connectivity index (χ2n) is 4.99. The number of aromatic nitrogens is 1. The molecule has 0 radical (unpaired) electrons. The Hall–Kier alpha value is -2.10. The highest BCUT2D eigenvalue weighted by molar-refractivity contribution is 5.92. The molecule has 1 heterocycles. The summed E-state index contributed by atoms with van der Waals surface area (Å²) in [7, 11) is 0. The van der Waals surface area contributed by atoms with Gasteiger partial charge in [0.05, 0.1) is 5.52 Å². The molecule has 2 aromatic rings. The summed E-state index contributed by atoms with van der Waals surface area (Å²) in [5, 5.41) is 6.92. The molecule has 0 aliphatic heterocycles. The molecule has 0 spiro atoms. The fourth-order valence-corrected chi connectivity index (χ4v) is 2.58. The van der Waals surface area contributed by atoms with E-state index in [-0.39, 0.29) is 6.03 Å². The quantitative estimate of drug-likeness (QED) is 0.865. The molecule has 1 fully saturated rings. The Bertz CT molecular complexity index is 591. The SMILES string of the molecule is O=C(Nc1ccc2ncccc2c1)NC1CCCC1. The smallest absolute Gasteiger partial charge is 0.319 e. The van der Waals surface area contributed by atoms with Crippen molar-refractivity contribution < 1.29 is 4.79 Å². The van der Waals surface area contributed by atoms with Gasteiger partial charge in [0, 0.05) is 23.3 Å². The molecule has 98 valence electrons. The molecule has 0 unspecified atom stereocenters. The van der Waals surface area contributed by atoms with Crippen molar-refractivity contribution in [3.63, 3.8) is 0 Å². The summed E-state index contributed by atoms with van der Waals surface area (Å²) in [6.45, 7) is 0. The molecular weight excluding hydrogens is 238 g/mol. The van der Waals surface area contributed by atoms with Gasteiger partial charge in [-0.05, 0) is 37.1 Å². The maximum absolute atomic E-state index is 11.9. The second-order valence-corrected chi connectivity index (χ2v) is 4.99. The predicted molar refractivity (Wildman–Crippen MR) is 76.2 cm³/mol. The molecule has 0 saturated heterocycles. The number of carbonyl (C=O) groups is 1. The topological polar surface area (TPSA) is 54.0 Å². The number of pyridine rings is 1. The first kappa shape index (κ1) is 12.0. The molecule has 4 heteroatoms. The average Bonchev–Trinajstić information content (AvgIpc) is 2.91. The molecule has 2 amide bonds. The summed E-state index contributed by atoms with van der Waals surface area (Å²) in [4.78, 5) is 16.1. The van der Waals surface area contributed by atoms with Crippen LogP contribution < -0.4 is 10.6 Å². The van der Waals surface area contributed by atoms with Crippen molar-refractivity contribution in [2.45, 2.75) is 31.7 Å². The largest absolute Gasteiger partial charge is 0.335 e. The van der Waals surface area contributed by atoms with Crippen LogP contribution in [-0.4, -0.2) is 17.1 Å². The number of rotatable bonds is 2. The van der Waals surface area contributed by atoms with Gasteiger partial charge < -0.3 is 10.6 Å². The molecule has 19 heavy (non-hydrogen) atoms. The molecule has 3 rings (SSSR count). The van der Waals surface area contributed by atoms with Crippen molar-refractivity contribution in [3.8, 4) is 0 Å². The minimum atomic E-state index is -0.116. The van der Waals surface area contributed by atoms with Gasteiger partial charge in [-0.1, -0.05) is 18.9 Å². The monoisotopic (exact) mass is 255 g/mol. The van der Waals surface area contributed by atoms with Crippen molar-refractivity contribution in [2.24, 2.45) is 0 Å². The van der Waals surface area contributed by atoms with Gasteiger partial charge in [0.1, 0.15) is 0 Å². The maximum Gasteiger partial charge on any atom is 0.319 e. The van der Waals surface area contributed by atoms with Crippen molar-refractivity contribution in [2.75, 3.05) is 5.32 Å². The van der Waals surface area contributed by atoms with E-state index in [0.29, 0.717) is 6.04 Å². The first-order chi connectivity index (χ1) is 9.31. The molecule has 1 aromatic carbocycles. The lowest BCUT2D eigenvalue weighted by atomic mass is 10.2. The number of hydrogen-bond donors (Lipinski definition) is 2. The highest BCUT2D eigenvalue weighted by atomic mass is 16.2. The van der Waals surface area contributed by atoms with Crippen LogP contribution in [0.3, 0.4) is 0 Å². The zero-order valence-electron chi connectivity index (χ0n) is 10.7. The number of anilines is 1. The summed E-state index contributed by atoms with van der Waals surface area (Å²) >= 11 is 0. The number of nitrogens with one attached hydrogen (secondary N) is 2. The van der Waals surface area contributed by atoms with Gasteiger partial charge in [0.25, 0.3) is 0 Å². The van der Waals surface area contributed by atoms with E-state index in [0.717, 1.165) is 29.4 Å². The Balaban J connectivity index is 1.68. The van der Waals surface area contributed by atoms with Crippen LogP contribution in [0.25, 0.3) is 10.9 Å². The number of benzene rings is 1. The van der Waals surface area contributed by atoms with Crippen LogP contribution in [0.2, 0.25) is 0 Å². The third kappa shape index (κ3) is 2.84. The fraction of sp³-hybridized carbons (Fsp3) is 0.333. The van der Waals surface area contributed by atoms with Crippen LogP contribution in [0.4, 0.5) is 10.5 Å². The van der Waals surface area contributed by atoms with Crippen molar-refractivity contribution in [1.29, 1.82) is 0 Å². The summed E-state index contributed by atoms with van der Waals surface area (Å²) in [5.41, 5.74) is 1.74. The van der Waals surface area contributed by atoms with Gasteiger partial charge in [0.2, 0.25) is 0 Å². The third-order valence-corrected chi connectivity index (χ3v) is 3.55. The standard InChI is InChI=1S/C15H17N3O/c19-15(17-12-5-1-2-6-12)18-13-7-8-14-11(10-13)4-3-9-16-14/h3-4,7-10,12H,1-2,5-6H2,(H2,17,18,19). The lowest BCUT2D eigenvalue weighted by Gasteiger charge is -2.13. The number of nitrogens with zero attached hydrogens (tertiary/aromatic N) is 1. The summed E-state index contributed by atoms with van der Waals surface area (Å²) < 4.78 is 0. The van der Waals surface area contributed by atoms with E-state index in [1.54, 1.807) is 6.20 Å². The van der Waals surface area contributed by atoms with Gasteiger partial charge in [0.15, 0.2) is 0 Å². The van der Waals surface area contributed by atoms with E-state index in [4.69, 9.17) is 0 Å². The Kier molecular flexibility index (Phi) is 3.31. The Morgan fingerprint density at radius 2 is 2.05 bits per heavy atom. The van der Waals surface area contributed by atoms with Crippen LogP contribution in [0.1, 0.15) is 25.7 Å². The zero-order valence-corrected chi connectivity index (χ0v) is 10.7. The van der Waals surface area contributed by atoms with Crippen molar-refractivity contribution in [1.82, 2.24) is 10.3 Å². The zero-order chi connectivity index (χ0) is 13.1. The van der Waals surface area contributed by atoms with Crippen LogP contribution >= 0.6 is 0 Å². The number of urea groups is 1. The minimum Gasteiger partial charge on any atom is -0.335 e. The summed E-state index contributed by atoms with van der Waals surface area (Å²) in [6.07, 6.45) is 6.38. The normalized spacial score (nSPS) is 15.6. The molecular formula is C15H17N3O. The molecule has 0 atom stereocenters. The van der Waals surface area contributed by atoms with Crippen LogP contribution in [0, 0.1) is 0 Å². The van der Waals surface area contributed by atoms with E-state index >= 15 is 0 Å². The lowest BCUT2D eigenvalue weighted by Crippen LogP contribution is -2.36. The fourth-order valence-electron chi connectivity index (χ4n) is 2.58. The maximum atomic E-state index is 11.9. The number of hydrogen-bond acceptors (Lipinski definition) is 2. The second kappa shape index (κ2) is 5.26. The van der Waals surface area contributed by atoms with Gasteiger partial charge >= 0.3 is 6.03 Å². The lowest BCUT2D eigenvalue weighted by molar-refractivity contribution is 0.248. The molecule has 1 aliphatic rings. The number of fused-ring (bicyclic) bond motifs is 1. The first-order valence-electron chi connectivity index (χ1n) is 6.73. The molecule has 4 nitrogen and oxygen atoms in total. The molecule has 1 aliphatic carbocycles. The number of amides is 2. The van der Waals surface area contributed by atoms with E-state index in [2.05, 4.69) is 15.6 Å². The minimum absolute atomic E-state index is 0.116. The molecule has 1 saturated carbocycles. The van der Waals surface area contributed by atoms with Crippen molar-refractivity contribution >= 4 is 22.6 Å². The van der Waals surface area contributed by atoms with E-state index in [1.165, 1.54) is 12.8 Å². The van der Waals surface area contributed by atoms with Crippen LogP contribution in [0.5, 0.6) is 0 Å². The molecule has 1 aromatic heterocycles. The predicted octanol–water partition coefficient (Wildman–Crippen LogP) is 3.30. The first-order valence-corrected chi connectivity index (χ1v) is 6.73. The van der Waals surface area contributed by atoms with Crippen LogP contribution in [0.15, 0.2) is 36.5 Å². The van der Waals surface area contributed by atoms with E-state index in [9.17, 15) is 4.79 Å². The van der Waals surface area contributed by atoms with Crippen molar-refractivity contribution in [3.05, 3.63) is 36.5 Å². The Labute approximate surface area is 112 Å². The number of carbonyl (C=O) groups excluding carboxylic acids is 1. The molecule has 2 N–H and O–H groups in total. The highest BCUT2D eigenvalue weighted by Crippen LogP contribution is 2.19. The highest BCUT2D eigenvalue weighted by Gasteiger charge is 2.16. The molecule has 0 bridgehead atoms. The summed E-state index contributed by atoms with van der Waals surface area (Å²) in [5.74, 6) is 0. The Morgan fingerprint density at radius 1 is 1.21 bits per heavy atom. The van der Waals surface area contributed by atoms with E-state index < -0.39 is 0 Å². The third-order valence-electron chi connectivity index (χ3n) is 3.55. The van der Waals surface area contributed by atoms with Gasteiger partial charge in [-0.15, -0.1) is 0 Å². The van der Waals surface area contributed by atoms with E-state index in [1.807, 2.05) is 30.3 Å². The Morgan fingerprint density at radius 3 is 2.89 bits per heavy atom. The van der Waals surface area contributed by atoms with Gasteiger partial charge in [-0.25, -0.2) is 4.79 Å². The van der Waals surface area contributed by atoms with Gasteiger partial charge in [-0.3, -0.25) is 4.98 Å².